The first kappa shape index (κ1) is 17.3. The highest BCUT2D eigenvalue weighted by molar-refractivity contribution is 5.84. The summed E-state index contributed by atoms with van der Waals surface area (Å²) in [4.78, 5) is 2.49. The fraction of sp³-hybridized carbons (Fsp3) is 0.391. The minimum atomic E-state index is -0.203. The molecule has 1 aliphatic rings. The van der Waals surface area contributed by atoms with Gasteiger partial charge in [-0.2, -0.15) is 0 Å². The van der Waals surface area contributed by atoms with Crippen LogP contribution in [0.4, 0.5) is 0 Å². The van der Waals surface area contributed by atoms with Gasteiger partial charge in [-0.15, -0.1) is 0 Å². The number of aryl methyl sites for hydroxylation is 1. The highest BCUT2D eigenvalue weighted by atomic mass is 16.3. The van der Waals surface area contributed by atoms with E-state index in [1.807, 2.05) is 0 Å². The predicted molar refractivity (Wildman–Crippen MR) is 107 cm³/mol. The third-order valence-corrected chi connectivity index (χ3v) is 5.72. The van der Waals surface area contributed by atoms with Crippen LogP contribution in [-0.2, 0) is 19.5 Å². The maximum absolute atomic E-state index is 10.6. The Labute approximate surface area is 155 Å². The molecule has 0 amide bonds. The van der Waals surface area contributed by atoms with Gasteiger partial charge in [0.25, 0.3) is 0 Å². The number of aromatic nitrogens is 1. The van der Waals surface area contributed by atoms with E-state index in [9.17, 15) is 5.11 Å². The maximum Gasteiger partial charge on any atom is 0.0596 e. The molecule has 1 saturated heterocycles. The molecule has 1 N–H and O–H groups in total. The van der Waals surface area contributed by atoms with Gasteiger partial charge >= 0.3 is 0 Å². The summed E-state index contributed by atoms with van der Waals surface area (Å²) in [5.74, 6) is 0.295. The number of likely N-dealkylation sites (tertiary alicyclic amines) is 1. The van der Waals surface area contributed by atoms with Gasteiger partial charge in [-0.25, -0.2) is 0 Å². The standard InChI is InChI=1S/C23H28N2O/c1-2-25-17-19(21-10-6-7-11-22(21)25)14-20-16-24(13-12-23(20)26)15-18-8-4-3-5-9-18/h3-11,17,20,23,26H,2,12-16H2,1H3. The molecule has 4 rings (SSSR count). The van der Waals surface area contributed by atoms with Crippen LogP contribution < -0.4 is 0 Å². The number of fused-ring (bicyclic) bond motifs is 1. The quantitative estimate of drug-likeness (QED) is 0.752. The summed E-state index contributed by atoms with van der Waals surface area (Å²) in [5.41, 5.74) is 4.02. The number of para-hydroxylation sites is 1. The summed E-state index contributed by atoms with van der Waals surface area (Å²) in [5, 5.41) is 12.0. The van der Waals surface area contributed by atoms with E-state index in [-0.39, 0.29) is 6.10 Å². The van der Waals surface area contributed by atoms with Gasteiger partial charge in [-0.1, -0.05) is 48.5 Å². The number of rotatable bonds is 5. The summed E-state index contributed by atoms with van der Waals surface area (Å²) in [6, 6.07) is 19.3. The molecular weight excluding hydrogens is 320 g/mol. The van der Waals surface area contributed by atoms with Crippen LogP contribution in [0.25, 0.3) is 10.9 Å². The minimum absolute atomic E-state index is 0.203. The van der Waals surface area contributed by atoms with Crippen molar-refractivity contribution in [2.45, 2.75) is 39.0 Å². The van der Waals surface area contributed by atoms with Gasteiger partial charge in [0.05, 0.1) is 6.10 Å². The second-order valence-corrected chi connectivity index (χ2v) is 7.50. The molecule has 136 valence electrons. The number of hydrogen-bond donors (Lipinski definition) is 1. The molecule has 0 spiro atoms. The number of piperidine rings is 1. The lowest BCUT2D eigenvalue weighted by Crippen LogP contribution is -2.43. The molecule has 0 bridgehead atoms. The van der Waals surface area contributed by atoms with Gasteiger partial charge in [0.1, 0.15) is 0 Å². The number of benzene rings is 2. The topological polar surface area (TPSA) is 28.4 Å². The first-order valence-corrected chi connectivity index (χ1v) is 9.75. The van der Waals surface area contributed by atoms with Crippen molar-refractivity contribution in [1.82, 2.24) is 9.47 Å². The Morgan fingerprint density at radius 1 is 1.04 bits per heavy atom. The van der Waals surface area contributed by atoms with E-state index in [1.54, 1.807) is 0 Å². The van der Waals surface area contributed by atoms with Gasteiger partial charge in [0.15, 0.2) is 0 Å². The molecular formula is C23H28N2O. The Hall–Kier alpha value is -2.10. The molecule has 1 aliphatic heterocycles. The average Bonchev–Trinajstić information content (AvgIpc) is 3.03. The largest absolute Gasteiger partial charge is 0.393 e. The van der Waals surface area contributed by atoms with Crippen LogP contribution in [0.2, 0.25) is 0 Å². The summed E-state index contributed by atoms with van der Waals surface area (Å²) in [6.07, 6.45) is 3.89. The molecule has 1 fully saturated rings. The van der Waals surface area contributed by atoms with E-state index in [0.717, 1.165) is 39.0 Å². The molecule has 3 heteroatoms. The number of hydrogen-bond acceptors (Lipinski definition) is 2. The van der Waals surface area contributed by atoms with Crippen LogP contribution in [0.3, 0.4) is 0 Å². The maximum atomic E-state index is 10.6. The van der Waals surface area contributed by atoms with E-state index in [1.165, 1.54) is 22.0 Å². The van der Waals surface area contributed by atoms with Crippen molar-refractivity contribution < 1.29 is 5.11 Å². The molecule has 26 heavy (non-hydrogen) atoms. The lowest BCUT2D eigenvalue weighted by Gasteiger charge is -2.36. The van der Waals surface area contributed by atoms with Crippen LogP contribution >= 0.6 is 0 Å². The van der Waals surface area contributed by atoms with Crippen molar-refractivity contribution in [1.29, 1.82) is 0 Å². The fourth-order valence-corrected chi connectivity index (χ4v) is 4.31. The first-order chi connectivity index (χ1) is 12.7. The van der Waals surface area contributed by atoms with Gasteiger partial charge in [-0.3, -0.25) is 4.90 Å². The van der Waals surface area contributed by atoms with Crippen molar-refractivity contribution in [2.24, 2.45) is 5.92 Å². The van der Waals surface area contributed by atoms with Crippen molar-refractivity contribution in [3.8, 4) is 0 Å². The highest BCUT2D eigenvalue weighted by Crippen LogP contribution is 2.28. The molecule has 2 heterocycles. The summed E-state index contributed by atoms with van der Waals surface area (Å²) in [7, 11) is 0. The Kier molecular flexibility index (Phi) is 5.09. The molecule has 2 unspecified atom stereocenters. The number of nitrogens with zero attached hydrogens (tertiary/aromatic N) is 2. The second kappa shape index (κ2) is 7.65. The van der Waals surface area contributed by atoms with Gasteiger partial charge in [0.2, 0.25) is 0 Å². The van der Waals surface area contributed by atoms with E-state index in [0.29, 0.717) is 5.92 Å². The fourth-order valence-electron chi connectivity index (χ4n) is 4.31. The Bertz CT molecular complexity index is 855. The Balaban J connectivity index is 1.51. The number of aliphatic hydroxyl groups excluding tert-OH is 1. The van der Waals surface area contributed by atoms with E-state index in [4.69, 9.17) is 0 Å². The van der Waals surface area contributed by atoms with Gasteiger partial charge in [-0.05, 0) is 37.0 Å². The summed E-state index contributed by atoms with van der Waals surface area (Å²) in [6.45, 7) is 6.08. The van der Waals surface area contributed by atoms with Gasteiger partial charge < -0.3 is 9.67 Å². The Morgan fingerprint density at radius 2 is 1.81 bits per heavy atom. The van der Waals surface area contributed by atoms with Gasteiger partial charge in [0, 0.05) is 49.2 Å². The molecule has 0 saturated carbocycles. The summed E-state index contributed by atoms with van der Waals surface area (Å²) < 4.78 is 2.32. The molecule has 1 aromatic heterocycles. The molecule has 0 aliphatic carbocycles. The molecule has 3 nitrogen and oxygen atoms in total. The second-order valence-electron chi connectivity index (χ2n) is 7.50. The lowest BCUT2D eigenvalue weighted by molar-refractivity contribution is 0.0240. The van der Waals surface area contributed by atoms with E-state index >= 15 is 0 Å². The zero-order valence-corrected chi connectivity index (χ0v) is 15.5. The molecule has 2 atom stereocenters. The van der Waals surface area contributed by atoms with Crippen molar-refractivity contribution in [3.05, 3.63) is 71.9 Å². The van der Waals surface area contributed by atoms with Crippen molar-refractivity contribution in [3.63, 3.8) is 0 Å². The van der Waals surface area contributed by atoms with Crippen LogP contribution in [0.1, 0.15) is 24.5 Å². The van der Waals surface area contributed by atoms with E-state index < -0.39 is 0 Å². The normalized spacial score (nSPS) is 21.3. The summed E-state index contributed by atoms with van der Waals surface area (Å²) >= 11 is 0. The first-order valence-electron chi connectivity index (χ1n) is 9.75. The van der Waals surface area contributed by atoms with Crippen molar-refractivity contribution >= 4 is 10.9 Å². The molecule has 3 aromatic rings. The van der Waals surface area contributed by atoms with Crippen LogP contribution in [0.5, 0.6) is 0 Å². The third kappa shape index (κ3) is 3.55. The van der Waals surface area contributed by atoms with Crippen molar-refractivity contribution in [2.75, 3.05) is 13.1 Å². The monoisotopic (exact) mass is 348 g/mol. The molecule has 2 aromatic carbocycles. The van der Waals surface area contributed by atoms with E-state index in [2.05, 4.69) is 77.2 Å². The SMILES string of the molecule is CCn1cc(CC2CN(Cc3ccccc3)CCC2O)c2ccccc21. The van der Waals surface area contributed by atoms with Crippen LogP contribution in [-0.4, -0.2) is 33.8 Å². The number of aliphatic hydroxyl groups is 1. The minimum Gasteiger partial charge on any atom is -0.393 e. The predicted octanol–water partition coefficient (Wildman–Crippen LogP) is 4.09. The third-order valence-electron chi connectivity index (χ3n) is 5.72. The molecule has 0 radical (unpaired) electrons. The van der Waals surface area contributed by atoms with Crippen LogP contribution in [0, 0.1) is 5.92 Å². The Morgan fingerprint density at radius 3 is 2.62 bits per heavy atom. The highest BCUT2D eigenvalue weighted by Gasteiger charge is 2.28. The zero-order chi connectivity index (χ0) is 17.9. The van der Waals surface area contributed by atoms with Crippen LogP contribution in [0.15, 0.2) is 60.8 Å². The zero-order valence-electron chi connectivity index (χ0n) is 15.5. The smallest absolute Gasteiger partial charge is 0.0596 e. The average molecular weight is 348 g/mol. The lowest BCUT2D eigenvalue weighted by atomic mass is 9.88.